The average molecular weight is 416 g/mol. The van der Waals surface area contributed by atoms with Crippen LogP contribution in [0.5, 0.6) is 0 Å². The third-order valence-corrected chi connectivity index (χ3v) is 5.99. The van der Waals surface area contributed by atoms with Crippen LogP contribution in [0, 0.1) is 0 Å². The molecule has 8 heteroatoms. The lowest BCUT2D eigenvalue weighted by molar-refractivity contribution is -0.119. The van der Waals surface area contributed by atoms with Crippen LogP contribution in [-0.4, -0.2) is 25.9 Å². The van der Waals surface area contributed by atoms with Gasteiger partial charge in [0.2, 0.25) is 5.91 Å². The molecule has 0 aliphatic heterocycles. The van der Waals surface area contributed by atoms with Crippen LogP contribution in [0.1, 0.15) is 5.56 Å². The van der Waals surface area contributed by atoms with Crippen molar-refractivity contribution in [2.75, 3.05) is 10.8 Å². The summed E-state index contributed by atoms with van der Waals surface area (Å²) in [6.45, 7) is -0.106. The minimum atomic E-state index is -3.93. The molecule has 28 heavy (non-hydrogen) atoms. The fourth-order valence-electron chi connectivity index (χ4n) is 2.53. The number of anilines is 1. The van der Waals surface area contributed by atoms with Gasteiger partial charge in [0.05, 0.1) is 10.6 Å². The van der Waals surface area contributed by atoms with Gasteiger partial charge in [-0.25, -0.2) is 8.42 Å². The predicted molar refractivity (Wildman–Crippen MR) is 109 cm³/mol. The molecule has 0 spiro atoms. The summed E-state index contributed by atoms with van der Waals surface area (Å²) in [5.41, 5.74) is 1.17. The van der Waals surface area contributed by atoms with Crippen molar-refractivity contribution >= 4 is 33.2 Å². The number of benzene rings is 2. The second kappa shape index (κ2) is 8.86. The number of carbonyl (C=O) groups excluding carboxylic acids is 1. The summed E-state index contributed by atoms with van der Waals surface area (Å²) in [4.78, 5) is 16.6. The van der Waals surface area contributed by atoms with Crippen molar-refractivity contribution in [1.29, 1.82) is 0 Å². The van der Waals surface area contributed by atoms with Gasteiger partial charge in [-0.05, 0) is 48.0 Å². The summed E-state index contributed by atoms with van der Waals surface area (Å²) in [5.74, 6) is -0.432. The van der Waals surface area contributed by atoms with Gasteiger partial charge in [0, 0.05) is 24.0 Å². The van der Waals surface area contributed by atoms with E-state index in [-0.39, 0.29) is 18.0 Å². The van der Waals surface area contributed by atoms with Crippen molar-refractivity contribution in [2.45, 2.75) is 11.4 Å². The van der Waals surface area contributed by atoms with E-state index in [1.54, 1.807) is 60.9 Å². The Kier molecular flexibility index (Phi) is 6.28. The van der Waals surface area contributed by atoms with Crippen molar-refractivity contribution in [1.82, 2.24) is 10.3 Å². The fraction of sp³-hybridized carbons (Fsp3) is 0.100. The van der Waals surface area contributed by atoms with Crippen LogP contribution in [0.3, 0.4) is 0 Å². The van der Waals surface area contributed by atoms with Gasteiger partial charge in [0.25, 0.3) is 10.0 Å². The molecule has 1 heterocycles. The third-order valence-electron chi connectivity index (χ3n) is 3.95. The summed E-state index contributed by atoms with van der Waals surface area (Å²) in [6.07, 6.45) is 3.28. The zero-order valence-electron chi connectivity index (χ0n) is 14.8. The lowest BCUT2D eigenvalue weighted by Crippen LogP contribution is -2.40. The lowest BCUT2D eigenvalue weighted by atomic mass is 10.3. The van der Waals surface area contributed by atoms with Gasteiger partial charge in [-0.3, -0.25) is 14.1 Å². The molecule has 3 rings (SSSR count). The van der Waals surface area contributed by atoms with Gasteiger partial charge in [0.1, 0.15) is 6.54 Å². The molecule has 1 N–H and O–H groups in total. The van der Waals surface area contributed by atoms with E-state index >= 15 is 0 Å². The van der Waals surface area contributed by atoms with Crippen LogP contribution in [0.15, 0.2) is 84.0 Å². The molecule has 0 radical (unpaired) electrons. The Labute approximate surface area is 168 Å². The molecule has 0 fully saturated rings. The molecule has 0 unspecified atom stereocenters. The van der Waals surface area contributed by atoms with Crippen LogP contribution in [0.25, 0.3) is 0 Å². The molecule has 2 aromatic carbocycles. The van der Waals surface area contributed by atoms with Crippen LogP contribution in [0.4, 0.5) is 5.69 Å². The van der Waals surface area contributed by atoms with Gasteiger partial charge >= 0.3 is 0 Å². The maximum atomic E-state index is 13.1. The molecule has 1 amide bonds. The van der Waals surface area contributed by atoms with Crippen molar-refractivity contribution in [3.63, 3.8) is 0 Å². The van der Waals surface area contributed by atoms with Crippen molar-refractivity contribution in [3.05, 3.63) is 89.7 Å². The van der Waals surface area contributed by atoms with E-state index in [0.29, 0.717) is 10.7 Å². The number of halogens is 1. The zero-order chi connectivity index (χ0) is 20.0. The molecule has 0 atom stereocenters. The molecular formula is C20H18ClN3O3S. The van der Waals surface area contributed by atoms with E-state index in [9.17, 15) is 13.2 Å². The summed E-state index contributed by atoms with van der Waals surface area (Å²) >= 11 is 5.92. The Hall–Kier alpha value is -2.90. The Balaban J connectivity index is 1.84. The van der Waals surface area contributed by atoms with Gasteiger partial charge in [0.15, 0.2) is 0 Å². The molecule has 0 aliphatic carbocycles. The molecule has 1 aromatic heterocycles. The van der Waals surface area contributed by atoms with Gasteiger partial charge in [-0.15, -0.1) is 0 Å². The van der Waals surface area contributed by atoms with E-state index in [4.69, 9.17) is 11.6 Å². The van der Waals surface area contributed by atoms with Gasteiger partial charge in [-0.2, -0.15) is 0 Å². The number of sulfonamides is 1. The number of hydrogen-bond donors (Lipinski definition) is 1. The first-order valence-corrected chi connectivity index (χ1v) is 10.3. The minimum Gasteiger partial charge on any atom is -0.350 e. The van der Waals surface area contributed by atoms with E-state index in [1.807, 2.05) is 6.07 Å². The fourth-order valence-corrected chi connectivity index (χ4v) is 4.10. The first-order valence-electron chi connectivity index (χ1n) is 8.46. The molecule has 0 bridgehead atoms. The van der Waals surface area contributed by atoms with E-state index in [0.717, 1.165) is 9.87 Å². The van der Waals surface area contributed by atoms with E-state index < -0.39 is 15.9 Å². The predicted octanol–water partition coefficient (Wildman–Crippen LogP) is 3.25. The highest BCUT2D eigenvalue weighted by Gasteiger charge is 2.27. The van der Waals surface area contributed by atoms with Crippen LogP contribution >= 0.6 is 11.6 Å². The third kappa shape index (κ3) is 4.88. The highest BCUT2D eigenvalue weighted by Crippen LogP contribution is 2.25. The normalized spacial score (nSPS) is 11.0. The second-order valence-electron chi connectivity index (χ2n) is 5.94. The maximum Gasteiger partial charge on any atom is 0.264 e. The number of carbonyl (C=O) groups is 1. The summed E-state index contributed by atoms with van der Waals surface area (Å²) < 4.78 is 27.3. The topological polar surface area (TPSA) is 79.4 Å². The summed E-state index contributed by atoms with van der Waals surface area (Å²) in [7, 11) is -3.93. The number of nitrogens with zero attached hydrogens (tertiary/aromatic N) is 2. The number of rotatable bonds is 7. The molecule has 3 aromatic rings. The molecule has 0 saturated heterocycles. The second-order valence-corrected chi connectivity index (χ2v) is 8.24. The highest BCUT2D eigenvalue weighted by molar-refractivity contribution is 7.92. The standard InChI is InChI=1S/C20H18ClN3O3S/c21-17-8-10-18(11-9-17)24(28(26,27)19-6-2-1-3-7-19)15-20(25)23-14-16-5-4-12-22-13-16/h1-13H,14-15H2,(H,23,25). The van der Waals surface area contributed by atoms with Crippen molar-refractivity contribution < 1.29 is 13.2 Å². The summed E-state index contributed by atoms with van der Waals surface area (Å²) in [6, 6.07) is 17.9. The molecular weight excluding hydrogens is 398 g/mol. The van der Waals surface area contributed by atoms with Gasteiger partial charge < -0.3 is 5.32 Å². The van der Waals surface area contributed by atoms with E-state index in [1.165, 1.54) is 12.1 Å². The van der Waals surface area contributed by atoms with Crippen LogP contribution in [0.2, 0.25) is 5.02 Å². The number of amides is 1. The number of pyridine rings is 1. The number of aromatic nitrogens is 1. The molecule has 144 valence electrons. The molecule has 0 aliphatic rings. The zero-order valence-corrected chi connectivity index (χ0v) is 16.4. The van der Waals surface area contributed by atoms with Crippen LogP contribution < -0.4 is 9.62 Å². The SMILES string of the molecule is O=C(CN(c1ccc(Cl)cc1)S(=O)(=O)c1ccccc1)NCc1cccnc1. The Bertz CT molecular complexity index is 1030. The quantitative estimate of drug-likeness (QED) is 0.642. The number of hydrogen-bond acceptors (Lipinski definition) is 4. The Morgan fingerprint density at radius 2 is 1.71 bits per heavy atom. The number of nitrogens with one attached hydrogen (secondary N) is 1. The maximum absolute atomic E-state index is 13.1. The Morgan fingerprint density at radius 3 is 2.36 bits per heavy atom. The van der Waals surface area contributed by atoms with Crippen molar-refractivity contribution in [3.8, 4) is 0 Å². The van der Waals surface area contributed by atoms with Gasteiger partial charge in [-0.1, -0.05) is 35.9 Å². The van der Waals surface area contributed by atoms with E-state index in [2.05, 4.69) is 10.3 Å². The first kappa shape index (κ1) is 19.9. The monoisotopic (exact) mass is 415 g/mol. The highest BCUT2D eigenvalue weighted by atomic mass is 35.5. The first-order chi connectivity index (χ1) is 13.5. The lowest BCUT2D eigenvalue weighted by Gasteiger charge is -2.24. The average Bonchev–Trinajstić information content (AvgIpc) is 2.72. The van der Waals surface area contributed by atoms with Crippen molar-refractivity contribution in [2.24, 2.45) is 0 Å². The minimum absolute atomic E-state index is 0.102. The Morgan fingerprint density at radius 1 is 1.00 bits per heavy atom. The smallest absolute Gasteiger partial charge is 0.264 e. The largest absolute Gasteiger partial charge is 0.350 e. The summed E-state index contributed by atoms with van der Waals surface area (Å²) in [5, 5.41) is 3.20. The molecule has 0 saturated carbocycles. The van der Waals surface area contributed by atoms with Crippen LogP contribution in [-0.2, 0) is 21.4 Å². The molecule has 6 nitrogen and oxygen atoms in total.